The van der Waals surface area contributed by atoms with Crippen molar-refractivity contribution in [1.82, 2.24) is 4.90 Å². The number of likely N-dealkylation sites (tertiary alicyclic amines) is 1. The molecule has 1 saturated heterocycles. The maximum absolute atomic E-state index is 11.5. The third-order valence-corrected chi connectivity index (χ3v) is 5.01. The fourth-order valence-electron chi connectivity index (χ4n) is 2.08. The highest BCUT2D eigenvalue weighted by Gasteiger charge is 2.24. The van der Waals surface area contributed by atoms with E-state index in [2.05, 4.69) is 0 Å². The monoisotopic (exact) mass is 263 g/mol. The van der Waals surface area contributed by atoms with E-state index in [0.29, 0.717) is 38.9 Å². The SMILES string of the molecule is CCCS(=O)(=O)CCN1CCC(C(=O)O)CC1. The van der Waals surface area contributed by atoms with E-state index in [4.69, 9.17) is 5.11 Å². The Hall–Kier alpha value is -0.620. The summed E-state index contributed by atoms with van der Waals surface area (Å²) in [6.45, 7) is 3.78. The summed E-state index contributed by atoms with van der Waals surface area (Å²) in [5.41, 5.74) is 0. The van der Waals surface area contributed by atoms with Crippen LogP contribution >= 0.6 is 0 Å². The molecular formula is C11H21NO4S. The molecule has 0 aromatic rings. The predicted molar refractivity (Wildman–Crippen MR) is 65.7 cm³/mol. The summed E-state index contributed by atoms with van der Waals surface area (Å²) in [5.74, 6) is -0.543. The summed E-state index contributed by atoms with van der Waals surface area (Å²) in [6.07, 6.45) is 1.91. The molecular weight excluding hydrogens is 242 g/mol. The lowest BCUT2D eigenvalue weighted by molar-refractivity contribution is -0.143. The van der Waals surface area contributed by atoms with Crippen LogP contribution in [0.5, 0.6) is 0 Å². The molecule has 1 N–H and O–H groups in total. The largest absolute Gasteiger partial charge is 0.481 e. The van der Waals surface area contributed by atoms with Gasteiger partial charge in [0.2, 0.25) is 0 Å². The van der Waals surface area contributed by atoms with Gasteiger partial charge in [-0.3, -0.25) is 4.79 Å². The maximum atomic E-state index is 11.5. The topological polar surface area (TPSA) is 74.7 Å². The van der Waals surface area contributed by atoms with Gasteiger partial charge in [-0.2, -0.15) is 0 Å². The third-order valence-electron chi connectivity index (χ3n) is 3.17. The Labute approximate surface area is 103 Å². The third kappa shape index (κ3) is 5.04. The van der Waals surface area contributed by atoms with Crippen molar-refractivity contribution in [3.05, 3.63) is 0 Å². The smallest absolute Gasteiger partial charge is 0.306 e. The van der Waals surface area contributed by atoms with Gasteiger partial charge in [0, 0.05) is 12.3 Å². The van der Waals surface area contributed by atoms with Crippen molar-refractivity contribution in [2.75, 3.05) is 31.1 Å². The molecule has 0 spiro atoms. The van der Waals surface area contributed by atoms with Crippen molar-refractivity contribution >= 4 is 15.8 Å². The lowest BCUT2D eigenvalue weighted by Gasteiger charge is -2.29. The predicted octanol–water partition coefficient (Wildman–Crippen LogP) is 0.608. The van der Waals surface area contributed by atoms with Gasteiger partial charge in [-0.05, 0) is 32.4 Å². The highest BCUT2D eigenvalue weighted by Crippen LogP contribution is 2.17. The minimum atomic E-state index is -2.92. The molecule has 0 radical (unpaired) electrons. The fraction of sp³-hybridized carbons (Fsp3) is 0.909. The van der Waals surface area contributed by atoms with Gasteiger partial charge in [-0.15, -0.1) is 0 Å². The number of aliphatic carboxylic acids is 1. The normalized spacial score (nSPS) is 19.4. The second-order valence-corrected chi connectivity index (χ2v) is 6.91. The van der Waals surface area contributed by atoms with E-state index in [1.165, 1.54) is 0 Å². The first-order valence-corrected chi connectivity index (χ1v) is 7.92. The van der Waals surface area contributed by atoms with Gasteiger partial charge in [0.15, 0.2) is 9.84 Å². The number of hydrogen-bond acceptors (Lipinski definition) is 4. The summed E-state index contributed by atoms with van der Waals surface area (Å²) in [4.78, 5) is 12.8. The lowest BCUT2D eigenvalue weighted by Crippen LogP contribution is -2.39. The molecule has 1 rings (SSSR count). The van der Waals surface area contributed by atoms with Crippen molar-refractivity contribution in [2.24, 2.45) is 5.92 Å². The van der Waals surface area contributed by atoms with Crippen LogP contribution < -0.4 is 0 Å². The molecule has 100 valence electrons. The molecule has 0 bridgehead atoms. The summed E-state index contributed by atoms with van der Waals surface area (Å²) in [7, 11) is -2.92. The molecule has 1 heterocycles. The van der Waals surface area contributed by atoms with Gasteiger partial charge in [-0.1, -0.05) is 6.92 Å². The van der Waals surface area contributed by atoms with Crippen molar-refractivity contribution in [1.29, 1.82) is 0 Å². The Morgan fingerprint density at radius 2 is 1.88 bits per heavy atom. The van der Waals surface area contributed by atoms with Crippen LogP contribution in [0, 0.1) is 5.92 Å². The van der Waals surface area contributed by atoms with Crippen molar-refractivity contribution < 1.29 is 18.3 Å². The summed E-state index contributed by atoms with van der Waals surface area (Å²) >= 11 is 0. The van der Waals surface area contributed by atoms with Gasteiger partial charge < -0.3 is 10.0 Å². The van der Waals surface area contributed by atoms with Crippen LogP contribution in [0.3, 0.4) is 0 Å². The van der Waals surface area contributed by atoms with Crippen LogP contribution in [0.25, 0.3) is 0 Å². The molecule has 0 saturated carbocycles. The van der Waals surface area contributed by atoms with Gasteiger partial charge in [0.25, 0.3) is 0 Å². The van der Waals surface area contributed by atoms with E-state index < -0.39 is 15.8 Å². The quantitative estimate of drug-likeness (QED) is 0.760. The van der Waals surface area contributed by atoms with E-state index in [0.717, 1.165) is 0 Å². The Balaban J connectivity index is 2.29. The average Bonchev–Trinajstić information content (AvgIpc) is 2.27. The highest BCUT2D eigenvalue weighted by atomic mass is 32.2. The first kappa shape index (κ1) is 14.4. The van der Waals surface area contributed by atoms with E-state index in [-0.39, 0.29) is 17.4 Å². The molecule has 0 amide bonds. The summed E-state index contributed by atoms with van der Waals surface area (Å²) < 4.78 is 23.0. The molecule has 0 atom stereocenters. The van der Waals surface area contributed by atoms with Crippen LogP contribution in [-0.2, 0) is 14.6 Å². The van der Waals surface area contributed by atoms with E-state index in [9.17, 15) is 13.2 Å². The summed E-state index contributed by atoms with van der Waals surface area (Å²) in [6, 6.07) is 0. The number of piperidine rings is 1. The lowest BCUT2D eigenvalue weighted by atomic mass is 9.97. The Morgan fingerprint density at radius 1 is 1.29 bits per heavy atom. The van der Waals surface area contributed by atoms with E-state index in [1.807, 2.05) is 11.8 Å². The zero-order valence-corrected chi connectivity index (χ0v) is 11.1. The molecule has 0 aromatic carbocycles. The van der Waals surface area contributed by atoms with Gasteiger partial charge >= 0.3 is 5.97 Å². The van der Waals surface area contributed by atoms with Crippen LogP contribution in [0.4, 0.5) is 0 Å². The summed E-state index contributed by atoms with van der Waals surface area (Å²) in [5, 5.41) is 8.84. The molecule has 0 unspecified atom stereocenters. The molecule has 1 fully saturated rings. The first-order valence-electron chi connectivity index (χ1n) is 6.10. The molecule has 17 heavy (non-hydrogen) atoms. The minimum absolute atomic E-state index is 0.193. The zero-order valence-electron chi connectivity index (χ0n) is 10.3. The second-order valence-electron chi connectivity index (χ2n) is 4.61. The number of carboxylic acid groups (broad SMARTS) is 1. The minimum Gasteiger partial charge on any atom is -0.481 e. The van der Waals surface area contributed by atoms with Crippen LogP contribution in [0.15, 0.2) is 0 Å². The van der Waals surface area contributed by atoms with Crippen LogP contribution in [0.2, 0.25) is 0 Å². The average molecular weight is 263 g/mol. The second kappa shape index (κ2) is 6.35. The van der Waals surface area contributed by atoms with Crippen molar-refractivity contribution in [3.63, 3.8) is 0 Å². The first-order chi connectivity index (χ1) is 7.94. The maximum Gasteiger partial charge on any atom is 0.306 e. The fourth-order valence-corrected chi connectivity index (χ4v) is 3.45. The Kier molecular flexibility index (Phi) is 5.39. The van der Waals surface area contributed by atoms with Crippen molar-refractivity contribution in [2.45, 2.75) is 26.2 Å². The standard InChI is InChI=1S/C11H21NO4S/c1-2-8-17(15,16)9-7-12-5-3-10(4-6-12)11(13)14/h10H,2-9H2,1H3,(H,13,14). The molecule has 1 aliphatic heterocycles. The Bertz CT molecular complexity index is 344. The molecule has 0 aliphatic carbocycles. The van der Waals surface area contributed by atoms with E-state index >= 15 is 0 Å². The van der Waals surface area contributed by atoms with Gasteiger partial charge in [-0.25, -0.2) is 8.42 Å². The number of carbonyl (C=O) groups is 1. The number of nitrogens with zero attached hydrogens (tertiary/aromatic N) is 1. The highest BCUT2D eigenvalue weighted by molar-refractivity contribution is 7.91. The number of carboxylic acids is 1. The molecule has 5 nitrogen and oxygen atoms in total. The molecule has 6 heteroatoms. The van der Waals surface area contributed by atoms with Gasteiger partial charge in [0.1, 0.15) is 0 Å². The van der Waals surface area contributed by atoms with E-state index in [1.54, 1.807) is 0 Å². The molecule has 1 aliphatic rings. The van der Waals surface area contributed by atoms with Crippen LogP contribution in [0.1, 0.15) is 26.2 Å². The van der Waals surface area contributed by atoms with Gasteiger partial charge in [0.05, 0.1) is 11.7 Å². The van der Waals surface area contributed by atoms with Crippen LogP contribution in [-0.4, -0.2) is 55.5 Å². The Morgan fingerprint density at radius 3 is 2.35 bits per heavy atom. The molecule has 0 aromatic heterocycles. The number of sulfone groups is 1. The van der Waals surface area contributed by atoms with Crippen molar-refractivity contribution in [3.8, 4) is 0 Å². The zero-order chi connectivity index (χ0) is 12.9. The number of rotatable bonds is 6. The number of hydrogen-bond donors (Lipinski definition) is 1.